The molecule has 100 valence electrons. The summed E-state index contributed by atoms with van der Waals surface area (Å²) < 4.78 is 0. The molecule has 0 fully saturated rings. The fourth-order valence-corrected chi connectivity index (χ4v) is 1.71. The van der Waals surface area contributed by atoms with Crippen molar-refractivity contribution in [2.45, 2.75) is 6.92 Å². The Morgan fingerprint density at radius 2 is 2.20 bits per heavy atom. The van der Waals surface area contributed by atoms with Gasteiger partial charge in [0.05, 0.1) is 0 Å². The van der Waals surface area contributed by atoms with E-state index >= 15 is 0 Å². The molecule has 0 atom stereocenters. The second-order valence-corrected chi connectivity index (χ2v) is 4.18. The molecule has 0 radical (unpaired) electrons. The summed E-state index contributed by atoms with van der Waals surface area (Å²) in [5.74, 6) is 5.17. The molecule has 1 aromatic carbocycles. The van der Waals surface area contributed by atoms with Crippen molar-refractivity contribution in [2.24, 2.45) is 0 Å². The number of carbonyl (C=O) groups is 1. The average Bonchev–Trinajstić information content (AvgIpc) is 2.45. The van der Waals surface area contributed by atoms with E-state index in [9.17, 15) is 4.79 Å². The summed E-state index contributed by atoms with van der Waals surface area (Å²) >= 11 is 0. The van der Waals surface area contributed by atoms with Crippen LogP contribution in [-0.2, 0) is 0 Å². The van der Waals surface area contributed by atoms with Crippen LogP contribution in [0.15, 0.2) is 42.6 Å². The van der Waals surface area contributed by atoms with Crippen LogP contribution in [0.1, 0.15) is 21.6 Å². The Hall–Kier alpha value is -2.64. The van der Waals surface area contributed by atoms with Crippen molar-refractivity contribution in [1.29, 1.82) is 0 Å². The van der Waals surface area contributed by atoms with Crippen LogP contribution in [0, 0.1) is 18.8 Å². The molecule has 0 aliphatic heterocycles. The standard InChI is InChI=1S/C16H14N2O2/c1-12-10-14(7-8-17-12)16(20)18-15-6-2-4-13(11-15)5-3-9-19/h2,4,6-8,10-11,19H,9H2,1H3,(H,18,20). The first-order valence-electron chi connectivity index (χ1n) is 6.13. The molecule has 0 unspecified atom stereocenters. The number of benzene rings is 1. The molecule has 1 amide bonds. The molecule has 20 heavy (non-hydrogen) atoms. The zero-order valence-corrected chi connectivity index (χ0v) is 11.1. The summed E-state index contributed by atoms with van der Waals surface area (Å²) in [7, 11) is 0. The van der Waals surface area contributed by atoms with Crippen LogP contribution in [0.2, 0.25) is 0 Å². The van der Waals surface area contributed by atoms with Gasteiger partial charge in [-0.05, 0) is 37.3 Å². The molecule has 0 saturated carbocycles. The van der Waals surface area contributed by atoms with Crippen molar-refractivity contribution in [3.63, 3.8) is 0 Å². The Morgan fingerprint density at radius 3 is 2.95 bits per heavy atom. The van der Waals surface area contributed by atoms with Gasteiger partial charge in [0.1, 0.15) is 6.61 Å². The van der Waals surface area contributed by atoms with Crippen LogP contribution in [0.4, 0.5) is 5.69 Å². The highest BCUT2D eigenvalue weighted by atomic mass is 16.2. The van der Waals surface area contributed by atoms with Crippen molar-refractivity contribution in [2.75, 3.05) is 11.9 Å². The molecule has 0 aliphatic rings. The first-order chi connectivity index (χ1) is 9.69. The van der Waals surface area contributed by atoms with Gasteiger partial charge in [-0.2, -0.15) is 0 Å². The number of aliphatic hydroxyl groups excluding tert-OH is 1. The zero-order chi connectivity index (χ0) is 14.4. The van der Waals surface area contributed by atoms with Crippen LogP contribution in [-0.4, -0.2) is 22.6 Å². The van der Waals surface area contributed by atoms with E-state index in [2.05, 4.69) is 22.1 Å². The number of pyridine rings is 1. The summed E-state index contributed by atoms with van der Waals surface area (Å²) in [4.78, 5) is 16.1. The number of aromatic nitrogens is 1. The van der Waals surface area contributed by atoms with Gasteiger partial charge in [-0.25, -0.2) is 0 Å². The van der Waals surface area contributed by atoms with Crippen molar-refractivity contribution in [3.8, 4) is 11.8 Å². The van der Waals surface area contributed by atoms with Crippen LogP contribution in [0.5, 0.6) is 0 Å². The lowest BCUT2D eigenvalue weighted by Crippen LogP contribution is -2.12. The quantitative estimate of drug-likeness (QED) is 0.817. The van der Waals surface area contributed by atoms with E-state index in [-0.39, 0.29) is 12.5 Å². The number of anilines is 1. The number of nitrogens with one attached hydrogen (secondary N) is 1. The summed E-state index contributed by atoms with van der Waals surface area (Å²) in [5, 5.41) is 11.5. The monoisotopic (exact) mass is 266 g/mol. The highest BCUT2D eigenvalue weighted by Gasteiger charge is 2.06. The maximum absolute atomic E-state index is 12.1. The number of amides is 1. The third kappa shape index (κ3) is 3.67. The lowest BCUT2D eigenvalue weighted by Gasteiger charge is -2.06. The van der Waals surface area contributed by atoms with Gasteiger partial charge in [-0.3, -0.25) is 9.78 Å². The van der Waals surface area contributed by atoms with Gasteiger partial charge in [0, 0.05) is 28.7 Å². The van der Waals surface area contributed by atoms with E-state index in [4.69, 9.17) is 5.11 Å². The van der Waals surface area contributed by atoms with E-state index in [1.807, 2.05) is 13.0 Å². The van der Waals surface area contributed by atoms with Crippen LogP contribution < -0.4 is 5.32 Å². The lowest BCUT2D eigenvalue weighted by molar-refractivity contribution is 0.102. The minimum Gasteiger partial charge on any atom is -0.384 e. The normalized spacial score (nSPS) is 9.50. The fraction of sp³-hybridized carbons (Fsp3) is 0.125. The zero-order valence-electron chi connectivity index (χ0n) is 11.1. The molecule has 2 rings (SSSR count). The van der Waals surface area contributed by atoms with Gasteiger partial charge in [0.25, 0.3) is 5.91 Å². The van der Waals surface area contributed by atoms with Crippen LogP contribution >= 0.6 is 0 Å². The third-order valence-electron chi connectivity index (χ3n) is 2.59. The minimum absolute atomic E-state index is 0.188. The average molecular weight is 266 g/mol. The Kier molecular flexibility index (Phi) is 4.48. The van der Waals surface area contributed by atoms with Crippen molar-refractivity contribution in [3.05, 3.63) is 59.4 Å². The Bertz CT molecular complexity index is 684. The first-order valence-corrected chi connectivity index (χ1v) is 6.13. The second kappa shape index (κ2) is 6.50. The number of hydrogen-bond donors (Lipinski definition) is 2. The summed E-state index contributed by atoms with van der Waals surface area (Å²) in [6.07, 6.45) is 1.60. The molecule has 0 spiro atoms. The number of aryl methyl sites for hydroxylation is 1. The Morgan fingerprint density at radius 1 is 1.35 bits per heavy atom. The minimum atomic E-state index is -0.192. The molecule has 0 aliphatic carbocycles. The van der Waals surface area contributed by atoms with Crippen molar-refractivity contribution < 1.29 is 9.90 Å². The maximum Gasteiger partial charge on any atom is 0.255 e. The fourth-order valence-electron chi connectivity index (χ4n) is 1.71. The Balaban J connectivity index is 2.15. The molecule has 1 aromatic heterocycles. The first kappa shape index (κ1) is 13.8. The third-order valence-corrected chi connectivity index (χ3v) is 2.59. The van der Waals surface area contributed by atoms with E-state index in [0.29, 0.717) is 11.3 Å². The summed E-state index contributed by atoms with van der Waals surface area (Å²) in [6, 6.07) is 10.6. The maximum atomic E-state index is 12.1. The highest BCUT2D eigenvalue weighted by Crippen LogP contribution is 2.12. The van der Waals surface area contributed by atoms with E-state index in [0.717, 1.165) is 11.3 Å². The highest BCUT2D eigenvalue weighted by molar-refractivity contribution is 6.04. The number of aliphatic hydroxyl groups is 1. The van der Waals surface area contributed by atoms with Gasteiger partial charge in [-0.1, -0.05) is 17.9 Å². The van der Waals surface area contributed by atoms with E-state index < -0.39 is 0 Å². The number of hydrogen-bond acceptors (Lipinski definition) is 3. The number of carbonyl (C=O) groups excluding carboxylic acids is 1. The molecule has 0 saturated heterocycles. The molecular formula is C16H14N2O2. The topological polar surface area (TPSA) is 62.2 Å². The van der Waals surface area contributed by atoms with Gasteiger partial charge in [-0.15, -0.1) is 0 Å². The number of nitrogens with zero attached hydrogens (tertiary/aromatic N) is 1. The lowest BCUT2D eigenvalue weighted by atomic mass is 10.2. The molecule has 2 N–H and O–H groups in total. The van der Waals surface area contributed by atoms with Gasteiger partial charge >= 0.3 is 0 Å². The molecule has 4 heteroatoms. The SMILES string of the molecule is Cc1cc(C(=O)Nc2cccc(C#CCO)c2)ccn1. The predicted octanol–water partition coefficient (Wildman–Crippen LogP) is 1.99. The van der Waals surface area contributed by atoms with Crippen molar-refractivity contribution in [1.82, 2.24) is 4.98 Å². The molecule has 0 bridgehead atoms. The number of rotatable bonds is 2. The van der Waals surface area contributed by atoms with Crippen LogP contribution in [0.3, 0.4) is 0 Å². The summed E-state index contributed by atoms with van der Waals surface area (Å²) in [6.45, 7) is 1.65. The van der Waals surface area contributed by atoms with Gasteiger partial charge < -0.3 is 10.4 Å². The second-order valence-electron chi connectivity index (χ2n) is 4.18. The molecule has 4 nitrogen and oxygen atoms in total. The molecule has 2 aromatic rings. The smallest absolute Gasteiger partial charge is 0.255 e. The van der Waals surface area contributed by atoms with Gasteiger partial charge in [0.15, 0.2) is 0 Å². The van der Waals surface area contributed by atoms with E-state index in [1.54, 1.807) is 36.5 Å². The van der Waals surface area contributed by atoms with Crippen molar-refractivity contribution >= 4 is 11.6 Å². The predicted molar refractivity (Wildman–Crippen MR) is 77.3 cm³/mol. The van der Waals surface area contributed by atoms with E-state index in [1.165, 1.54) is 0 Å². The van der Waals surface area contributed by atoms with Gasteiger partial charge in [0.2, 0.25) is 0 Å². The molecular weight excluding hydrogens is 252 g/mol. The largest absolute Gasteiger partial charge is 0.384 e. The molecule has 1 heterocycles. The van der Waals surface area contributed by atoms with Crippen LogP contribution in [0.25, 0.3) is 0 Å². The summed E-state index contributed by atoms with van der Waals surface area (Å²) in [5.41, 5.74) is 2.75. The Labute approximate surface area is 117 Å².